The first-order valence-electron chi connectivity index (χ1n) is 7.59. The second-order valence-corrected chi connectivity index (χ2v) is 5.84. The Bertz CT molecular complexity index is 684. The average molecular weight is 281 g/mol. The number of ether oxygens (including phenoxy) is 1. The molecule has 21 heavy (non-hydrogen) atoms. The number of fused-ring (bicyclic) bond motifs is 2. The van der Waals surface area contributed by atoms with Crippen LogP contribution in [0.25, 0.3) is 0 Å². The first-order valence-corrected chi connectivity index (χ1v) is 7.59. The fraction of sp³-hybridized carbons (Fsp3) is 0.412. The molecule has 0 aliphatic carbocycles. The van der Waals surface area contributed by atoms with Crippen LogP contribution in [0.15, 0.2) is 24.3 Å². The molecule has 1 unspecified atom stereocenters. The van der Waals surface area contributed by atoms with E-state index in [2.05, 4.69) is 24.4 Å². The van der Waals surface area contributed by atoms with Gasteiger partial charge in [-0.15, -0.1) is 0 Å². The van der Waals surface area contributed by atoms with Crippen molar-refractivity contribution < 1.29 is 4.74 Å². The Balaban J connectivity index is 1.67. The van der Waals surface area contributed by atoms with Crippen molar-refractivity contribution in [3.8, 4) is 5.75 Å². The van der Waals surface area contributed by atoms with Crippen molar-refractivity contribution in [3.05, 3.63) is 52.6 Å². The molecule has 2 aliphatic heterocycles. The number of aromatic nitrogens is 2. The van der Waals surface area contributed by atoms with Crippen molar-refractivity contribution in [3.63, 3.8) is 0 Å². The highest BCUT2D eigenvalue weighted by Crippen LogP contribution is 2.31. The van der Waals surface area contributed by atoms with Crippen molar-refractivity contribution in [1.82, 2.24) is 15.3 Å². The van der Waals surface area contributed by atoms with Gasteiger partial charge in [-0.05, 0) is 25.0 Å². The summed E-state index contributed by atoms with van der Waals surface area (Å²) >= 11 is 0. The van der Waals surface area contributed by atoms with Crippen molar-refractivity contribution in [1.29, 1.82) is 0 Å². The Hall–Kier alpha value is -1.94. The van der Waals surface area contributed by atoms with Gasteiger partial charge >= 0.3 is 0 Å². The Kier molecular flexibility index (Phi) is 3.11. The van der Waals surface area contributed by atoms with Gasteiger partial charge in [-0.25, -0.2) is 9.97 Å². The Morgan fingerprint density at radius 1 is 1.24 bits per heavy atom. The van der Waals surface area contributed by atoms with E-state index in [0.717, 1.165) is 43.2 Å². The maximum absolute atomic E-state index is 5.88. The van der Waals surface area contributed by atoms with Crippen molar-refractivity contribution in [2.75, 3.05) is 13.2 Å². The van der Waals surface area contributed by atoms with Crippen LogP contribution in [-0.2, 0) is 19.4 Å². The molecule has 0 saturated heterocycles. The van der Waals surface area contributed by atoms with Gasteiger partial charge in [-0.2, -0.15) is 0 Å². The Morgan fingerprint density at radius 2 is 2.14 bits per heavy atom. The molecule has 2 aromatic rings. The van der Waals surface area contributed by atoms with E-state index in [9.17, 15) is 0 Å². The van der Waals surface area contributed by atoms with E-state index in [1.54, 1.807) is 0 Å². The van der Waals surface area contributed by atoms with Crippen LogP contribution in [0, 0.1) is 6.92 Å². The van der Waals surface area contributed by atoms with Crippen LogP contribution >= 0.6 is 0 Å². The quantitative estimate of drug-likeness (QED) is 0.870. The van der Waals surface area contributed by atoms with E-state index in [4.69, 9.17) is 14.7 Å². The summed E-state index contributed by atoms with van der Waals surface area (Å²) in [6, 6.07) is 8.26. The summed E-state index contributed by atoms with van der Waals surface area (Å²) in [4.78, 5) is 9.59. The fourth-order valence-corrected chi connectivity index (χ4v) is 3.21. The minimum Gasteiger partial charge on any atom is -0.493 e. The van der Waals surface area contributed by atoms with Crippen LogP contribution in [0.3, 0.4) is 0 Å². The molecule has 4 rings (SSSR count). The average Bonchev–Trinajstić information content (AvgIpc) is 2.54. The maximum atomic E-state index is 5.88. The molecule has 108 valence electrons. The van der Waals surface area contributed by atoms with Gasteiger partial charge in [0.05, 0.1) is 18.2 Å². The molecule has 0 bridgehead atoms. The minimum absolute atomic E-state index is 0.263. The number of hydrogen-bond donors (Lipinski definition) is 1. The third kappa shape index (κ3) is 2.29. The number of aryl methyl sites for hydroxylation is 1. The van der Waals surface area contributed by atoms with Gasteiger partial charge in [-0.3, -0.25) is 0 Å². The molecule has 2 aliphatic rings. The van der Waals surface area contributed by atoms with E-state index in [1.165, 1.54) is 16.8 Å². The predicted molar refractivity (Wildman–Crippen MR) is 80.6 cm³/mol. The number of para-hydroxylation sites is 1. The van der Waals surface area contributed by atoms with Gasteiger partial charge in [0.25, 0.3) is 0 Å². The summed E-state index contributed by atoms with van der Waals surface area (Å²) in [5, 5.41) is 3.39. The van der Waals surface area contributed by atoms with E-state index >= 15 is 0 Å². The summed E-state index contributed by atoms with van der Waals surface area (Å²) < 4.78 is 5.88. The van der Waals surface area contributed by atoms with Crippen LogP contribution in [0.4, 0.5) is 0 Å². The molecular weight excluding hydrogens is 262 g/mol. The lowest BCUT2D eigenvalue weighted by atomic mass is 9.95. The van der Waals surface area contributed by atoms with Gasteiger partial charge < -0.3 is 10.1 Å². The highest BCUT2D eigenvalue weighted by atomic mass is 16.5. The third-order valence-electron chi connectivity index (χ3n) is 4.40. The molecule has 1 atom stereocenters. The highest BCUT2D eigenvalue weighted by Gasteiger charge is 2.25. The summed E-state index contributed by atoms with van der Waals surface area (Å²) in [6.45, 7) is 4.67. The van der Waals surface area contributed by atoms with Gasteiger partial charge in [0.2, 0.25) is 0 Å². The minimum atomic E-state index is 0.263. The molecule has 0 fully saturated rings. The van der Waals surface area contributed by atoms with Crippen LogP contribution in [0.5, 0.6) is 5.75 Å². The summed E-state index contributed by atoms with van der Waals surface area (Å²) in [5.41, 5.74) is 4.87. The lowest BCUT2D eigenvalue weighted by Gasteiger charge is -2.26. The lowest BCUT2D eigenvalue weighted by molar-refractivity contribution is 0.257. The van der Waals surface area contributed by atoms with Crippen LogP contribution < -0.4 is 10.1 Å². The summed E-state index contributed by atoms with van der Waals surface area (Å²) in [5.74, 6) is 2.22. The third-order valence-corrected chi connectivity index (χ3v) is 4.40. The summed E-state index contributed by atoms with van der Waals surface area (Å²) in [7, 11) is 0. The zero-order valence-electron chi connectivity index (χ0n) is 12.2. The number of nitrogens with one attached hydrogen (secondary N) is 1. The monoisotopic (exact) mass is 281 g/mol. The molecule has 1 aromatic heterocycles. The second-order valence-electron chi connectivity index (χ2n) is 5.84. The highest BCUT2D eigenvalue weighted by molar-refractivity contribution is 5.37. The Labute approximate surface area is 124 Å². The number of benzene rings is 1. The van der Waals surface area contributed by atoms with Gasteiger partial charge in [0, 0.05) is 30.8 Å². The van der Waals surface area contributed by atoms with Gasteiger partial charge in [-0.1, -0.05) is 18.2 Å². The van der Waals surface area contributed by atoms with Crippen molar-refractivity contribution in [2.24, 2.45) is 0 Å². The number of rotatable bonds is 1. The van der Waals surface area contributed by atoms with E-state index in [-0.39, 0.29) is 5.92 Å². The molecule has 4 nitrogen and oxygen atoms in total. The SMILES string of the molecule is Cc1nc(C2COc3ccccc3C2)nc2c1CNCC2. The zero-order chi connectivity index (χ0) is 14.2. The zero-order valence-corrected chi connectivity index (χ0v) is 12.2. The van der Waals surface area contributed by atoms with Crippen LogP contribution in [0.2, 0.25) is 0 Å². The molecule has 0 radical (unpaired) electrons. The van der Waals surface area contributed by atoms with E-state index in [1.807, 2.05) is 12.1 Å². The summed E-state index contributed by atoms with van der Waals surface area (Å²) in [6.07, 6.45) is 1.96. The molecule has 0 spiro atoms. The molecule has 4 heteroatoms. The topological polar surface area (TPSA) is 47.0 Å². The van der Waals surface area contributed by atoms with Crippen LogP contribution in [-0.4, -0.2) is 23.1 Å². The normalized spacial score (nSPS) is 20.3. The van der Waals surface area contributed by atoms with Crippen molar-refractivity contribution in [2.45, 2.75) is 32.2 Å². The molecule has 0 amide bonds. The fourth-order valence-electron chi connectivity index (χ4n) is 3.21. The second kappa shape index (κ2) is 5.11. The van der Waals surface area contributed by atoms with E-state index in [0.29, 0.717) is 6.61 Å². The maximum Gasteiger partial charge on any atom is 0.135 e. The Morgan fingerprint density at radius 3 is 3.10 bits per heavy atom. The standard InChI is InChI=1S/C17H19N3O/c1-11-14-9-18-7-6-15(14)20-17(19-11)13-8-12-4-2-3-5-16(12)21-10-13/h2-5,13,18H,6-10H2,1H3. The van der Waals surface area contributed by atoms with Crippen molar-refractivity contribution >= 4 is 0 Å². The smallest absolute Gasteiger partial charge is 0.135 e. The predicted octanol–water partition coefficient (Wildman–Crippen LogP) is 2.15. The first kappa shape index (κ1) is 12.8. The molecule has 1 aromatic carbocycles. The molecule has 0 saturated carbocycles. The first-order chi connectivity index (χ1) is 10.3. The lowest BCUT2D eigenvalue weighted by Crippen LogP contribution is -2.28. The largest absolute Gasteiger partial charge is 0.493 e. The molecular formula is C17H19N3O. The number of nitrogens with zero attached hydrogens (tertiary/aromatic N) is 2. The molecule has 3 heterocycles. The molecule has 1 N–H and O–H groups in total. The van der Waals surface area contributed by atoms with Gasteiger partial charge in [0.15, 0.2) is 0 Å². The van der Waals surface area contributed by atoms with Gasteiger partial charge in [0.1, 0.15) is 11.6 Å². The number of hydrogen-bond acceptors (Lipinski definition) is 4. The van der Waals surface area contributed by atoms with Crippen LogP contribution in [0.1, 0.15) is 34.3 Å². The van der Waals surface area contributed by atoms with E-state index < -0.39 is 0 Å².